The van der Waals surface area contributed by atoms with Gasteiger partial charge in [-0.25, -0.2) is 4.79 Å². The highest BCUT2D eigenvalue weighted by Gasteiger charge is 2.19. The van der Waals surface area contributed by atoms with E-state index >= 15 is 0 Å². The number of carbonyl (C=O) groups is 2. The number of carboxylic acids is 1. The van der Waals surface area contributed by atoms with Gasteiger partial charge in [-0.1, -0.05) is 32.1 Å². The molecule has 0 aromatic carbocycles. The van der Waals surface area contributed by atoms with E-state index in [4.69, 9.17) is 14.9 Å². The van der Waals surface area contributed by atoms with Crippen LogP contribution in [0.3, 0.4) is 0 Å². The predicted octanol–water partition coefficient (Wildman–Crippen LogP) is 0.678. The Morgan fingerprint density at radius 1 is 1.16 bits per heavy atom. The Balaban J connectivity index is 2.26. The number of ether oxygens (including phenoxy) is 1. The van der Waals surface area contributed by atoms with Crippen LogP contribution in [-0.2, 0) is 14.3 Å². The van der Waals surface area contributed by atoms with Crippen LogP contribution in [0.4, 0.5) is 0 Å². The first-order chi connectivity index (χ1) is 9.13. The van der Waals surface area contributed by atoms with Crippen LogP contribution in [0.2, 0.25) is 0 Å². The number of carboxylic acid groups (broad SMARTS) is 1. The molecule has 1 saturated carbocycles. The summed E-state index contributed by atoms with van der Waals surface area (Å²) in [4.78, 5) is 22.1. The first kappa shape index (κ1) is 15.9. The summed E-state index contributed by atoms with van der Waals surface area (Å²) in [6.07, 6.45) is 7.90. The fourth-order valence-corrected chi connectivity index (χ4v) is 2.20. The van der Waals surface area contributed by atoms with E-state index < -0.39 is 24.5 Å². The molecule has 19 heavy (non-hydrogen) atoms. The second-order valence-electron chi connectivity index (χ2n) is 4.92. The van der Waals surface area contributed by atoms with Gasteiger partial charge in [0.15, 0.2) is 0 Å². The molecule has 110 valence electrons. The topological polar surface area (TPSA) is 95.9 Å². The molecule has 1 unspecified atom stereocenters. The van der Waals surface area contributed by atoms with E-state index in [1.54, 1.807) is 0 Å². The molecule has 0 radical (unpaired) electrons. The Morgan fingerprint density at radius 3 is 2.26 bits per heavy atom. The molecule has 3 N–H and O–H groups in total. The zero-order valence-corrected chi connectivity index (χ0v) is 11.1. The fraction of sp³-hybridized carbons (Fsp3) is 0.846. The van der Waals surface area contributed by atoms with Crippen molar-refractivity contribution in [3.63, 3.8) is 0 Å². The van der Waals surface area contributed by atoms with Crippen LogP contribution in [0.15, 0.2) is 0 Å². The van der Waals surface area contributed by atoms with Gasteiger partial charge in [-0.3, -0.25) is 4.79 Å². The number of aliphatic hydroxyl groups excluding tert-OH is 1. The van der Waals surface area contributed by atoms with Gasteiger partial charge in [-0.05, 0) is 12.8 Å². The maximum absolute atomic E-state index is 11.5. The molecule has 1 aliphatic rings. The van der Waals surface area contributed by atoms with Gasteiger partial charge >= 0.3 is 5.97 Å². The number of aliphatic hydroxyl groups is 1. The number of nitrogens with one attached hydrogen (secondary N) is 1. The van der Waals surface area contributed by atoms with Crippen molar-refractivity contribution in [2.45, 2.75) is 57.1 Å². The molecule has 0 aromatic rings. The third-order valence-corrected chi connectivity index (χ3v) is 3.32. The third-order valence-electron chi connectivity index (χ3n) is 3.32. The molecule has 1 atom stereocenters. The first-order valence-corrected chi connectivity index (χ1v) is 6.88. The number of amides is 1. The van der Waals surface area contributed by atoms with Gasteiger partial charge in [0.05, 0.1) is 12.7 Å². The lowest BCUT2D eigenvalue weighted by Crippen LogP contribution is -2.45. The van der Waals surface area contributed by atoms with Gasteiger partial charge in [0.25, 0.3) is 0 Å². The zero-order valence-electron chi connectivity index (χ0n) is 11.1. The van der Waals surface area contributed by atoms with Crippen molar-refractivity contribution in [3.05, 3.63) is 0 Å². The average molecular weight is 273 g/mol. The third kappa shape index (κ3) is 6.54. The number of rotatable bonds is 6. The molecular formula is C13H23NO5. The van der Waals surface area contributed by atoms with E-state index in [1.807, 2.05) is 0 Å². The number of hydrogen-bond donors (Lipinski definition) is 3. The largest absolute Gasteiger partial charge is 0.480 e. The van der Waals surface area contributed by atoms with Gasteiger partial charge in [-0.2, -0.15) is 0 Å². The molecule has 6 nitrogen and oxygen atoms in total. The van der Waals surface area contributed by atoms with Gasteiger partial charge in [0.1, 0.15) is 12.6 Å². The fourth-order valence-electron chi connectivity index (χ4n) is 2.20. The Labute approximate surface area is 113 Å². The monoisotopic (exact) mass is 273 g/mol. The van der Waals surface area contributed by atoms with E-state index in [1.165, 1.54) is 19.3 Å². The standard InChI is InChI=1S/C13H23NO5/c15-8-11(13(17)18)14-12(16)9-19-10-6-4-2-1-3-5-7-10/h10-11,15H,1-9H2,(H,14,16)(H,17,18). The van der Waals surface area contributed by atoms with Crippen LogP contribution in [0.5, 0.6) is 0 Å². The Kier molecular flexibility index (Phi) is 7.43. The summed E-state index contributed by atoms with van der Waals surface area (Å²) >= 11 is 0. The molecule has 0 aromatic heterocycles. The SMILES string of the molecule is O=C(COC1CCCCCCC1)NC(CO)C(=O)O. The highest BCUT2D eigenvalue weighted by molar-refractivity contribution is 5.84. The highest BCUT2D eigenvalue weighted by atomic mass is 16.5. The van der Waals surface area contributed by atoms with Gasteiger partial charge in [0, 0.05) is 0 Å². The number of hydrogen-bond acceptors (Lipinski definition) is 4. The van der Waals surface area contributed by atoms with Crippen molar-refractivity contribution >= 4 is 11.9 Å². The predicted molar refractivity (Wildman–Crippen MR) is 68.7 cm³/mol. The van der Waals surface area contributed by atoms with Crippen molar-refractivity contribution in [2.75, 3.05) is 13.2 Å². The lowest BCUT2D eigenvalue weighted by Gasteiger charge is -2.20. The van der Waals surface area contributed by atoms with Crippen LogP contribution in [-0.4, -0.2) is 47.4 Å². The van der Waals surface area contributed by atoms with Crippen LogP contribution < -0.4 is 5.32 Å². The smallest absolute Gasteiger partial charge is 0.328 e. The maximum atomic E-state index is 11.5. The molecule has 0 saturated heterocycles. The Morgan fingerprint density at radius 2 is 1.74 bits per heavy atom. The first-order valence-electron chi connectivity index (χ1n) is 6.88. The van der Waals surface area contributed by atoms with Gasteiger partial charge in [0.2, 0.25) is 5.91 Å². The molecule has 1 fully saturated rings. The molecule has 0 bridgehead atoms. The maximum Gasteiger partial charge on any atom is 0.328 e. The van der Waals surface area contributed by atoms with E-state index in [9.17, 15) is 9.59 Å². The van der Waals surface area contributed by atoms with E-state index in [0.29, 0.717) is 0 Å². The van der Waals surface area contributed by atoms with Crippen LogP contribution >= 0.6 is 0 Å². The quantitative estimate of drug-likeness (QED) is 0.661. The number of carbonyl (C=O) groups excluding carboxylic acids is 1. The van der Waals surface area contributed by atoms with Gasteiger partial charge < -0.3 is 20.3 Å². The van der Waals surface area contributed by atoms with E-state index in [-0.39, 0.29) is 12.7 Å². The normalized spacial score (nSPS) is 19.2. The molecule has 0 heterocycles. The minimum atomic E-state index is -1.26. The van der Waals surface area contributed by atoms with Crippen molar-refractivity contribution in [1.29, 1.82) is 0 Å². The molecule has 1 aliphatic carbocycles. The van der Waals surface area contributed by atoms with Crippen LogP contribution in [0.1, 0.15) is 44.9 Å². The Bertz CT molecular complexity index is 287. The van der Waals surface area contributed by atoms with Crippen molar-refractivity contribution in [3.8, 4) is 0 Å². The summed E-state index contributed by atoms with van der Waals surface area (Å²) in [7, 11) is 0. The summed E-state index contributed by atoms with van der Waals surface area (Å²) in [6, 6.07) is -1.26. The van der Waals surface area contributed by atoms with Crippen molar-refractivity contribution < 1.29 is 24.5 Å². The number of aliphatic carboxylic acids is 1. The molecule has 1 amide bonds. The lowest BCUT2D eigenvalue weighted by atomic mass is 9.99. The van der Waals surface area contributed by atoms with E-state index in [2.05, 4.69) is 5.32 Å². The minimum Gasteiger partial charge on any atom is -0.480 e. The van der Waals surface area contributed by atoms with Crippen molar-refractivity contribution in [1.82, 2.24) is 5.32 Å². The summed E-state index contributed by atoms with van der Waals surface area (Å²) in [5.41, 5.74) is 0. The summed E-state index contributed by atoms with van der Waals surface area (Å²) in [6.45, 7) is -0.765. The molecule has 0 spiro atoms. The van der Waals surface area contributed by atoms with Gasteiger partial charge in [-0.15, -0.1) is 0 Å². The molecule has 6 heteroatoms. The molecular weight excluding hydrogens is 250 g/mol. The summed E-state index contributed by atoms with van der Waals surface area (Å²) in [5, 5.41) is 19.7. The van der Waals surface area contributed by atoms with Crippen LogP contribution in [0.25, 0.3) is 0 Å². The second kappa shape index (κ2) is 8.87. The average Bonchev–Trinajstić information content (AvgIpc) is 2.34. The zero-order chi connectivity index (χ0) is 14.1. The highest BCUT2D eigenvalue weighted by Crippen LogP contribution is 2.19. The lowest BCUT2D eigenvalue weighted by molar-refractivity contribution is -0.144. The van der Waals surface area contributed by atoms with Crippen molar-refractivity contribution in [2.24, 2.45) is 0 Å². The van der Waals surface area contributed by atoms with Crippen LogP contribution in [0, 0.1) is 0 Å². The molecule has 1 rings (SSSR count). The molecule has 0 aliphatic heterocycles. The van der Waals surface area contributed by atoms with E-state index in [0.717, 1.165) is 25.7 Å². The second-order valence-corrected chi connectivity index (χ2v) is 4.92. The summed E-state index contributed by atoms with van der Waals surface area (Å²) in [5.74, 6) is -1.75. The Hall–Kier alpha value is -1.14. The summed E-state index contributed by atoms with van der Waals surface area (Å²) < 4.78 is 5.52. The minimum absolute atomic E-state index is 0.0865.